The molecule has 0 saturated carbocycles. The van der Waals surface area contributed by atoms with Crippen LogP contribution in [0.25, 0.3) is 0 Å². The summed E-state index contributed by atoms with van der Waals surface area (Å²) in [7, 11) is 1.49. The normalized spacial score (nSPS) is 10.4. The fraction of sp³-hybridized carbons (Fsp3) is 0.143. The lowest BCUT2D eigenvalue weighted by Gasteiger charge is -2.12. The van der Waals surface area contributed by atoms with Crippen molar-refractivity contribution in [3.8, 4) is 11.5 Å². The molecular formula is C14H12Cl3NO2. The van der Waals surface area contributed by atoms with Crippen molar-refractivity contribution in [2.24, 2.45) is 0 Å². The molecule has 106 valence electrons. The van der Waals surface area contributed by atoms with Gasteiger partial charge in [-0.3, -0.25) is 0 Å². The van der Waals surface area contributed by atoms with Crippen molar-refractivity contribution in [1.29, 1.82) is 0 Å². The van der Waals surface area contributed by atoms with E-state index in [4.69, 9.17) is 39.5 Å². The van der Waals surface area contributed by atoms with Gasteiger partial charge < -0.3 is 15.2 Å². The summed E-state index contributed by atoms with van der Waals surface area (Å²) in [4.78, 5) is 0. The standard InChI is InChI=1S/C14H12Cl3NO2/c1-20-13-5-2-8(6-12(13)19)18-7-9-10(15)3-4-11(16)14(9)17/h2-6,18-19H,7H2,1H3. The molecule has 0 bridgehead atoms. The molecule has 0 unspecified atom stereocenters. The van der Waals surface area contributed by atoms with Gasteiger partial charge in [0.15, 0.2) is 11.5 Å². The van der Waals surface area contributed by atoms with E-state index in [0.29, 0.717) is 32.9 Å². The zero-order chi connectivity index (χ0) is 14.7. The van der Waals surface area contributed by atoms with E-state index in [1.54, 1.807) is 30.3 Å². The highest BCUT2D eigenvalue weighted by molar-refractivity contribution is 6.44. The zero-order valence-corrected chi connectivity index (χ0v) is 12.9. The van der Waals surface area contributed by atoms with Crippen LogP contribution in [0.4, 0.5) is 5.69 Å². The number of halogens is 3. The van der Waals surface area contributed by atoms with Crippen molar-refractivity contribution in [3.05, 3.63) is 51.0 Å². The van der Waals surface area contributed by atoms with Crippen LogP contribution in [0, 0.1) is 0 Å². The molecule has 20 heavy (non-hydrogen) atoms. The second-order valence-electron chi connectivity index (χ2n) is 4.06. The molecule has 0 atom stereocenters. The Bertz CT molecular complexity index is 632. The van der Waals surface area contributed by atoms with Crippen molar-refractivity contribution in [3.63, 3.8) is 0 Å². The maximum atomic E-state index is 9.70. The fourth-order valence-electron chi connectivity index (χ4n) is 1.72. The van der Waals surface area contributed by atoms with Gasteiger partial charge in [-0.2, -0.15) is 0 Å². The van der Waals surface area contributed by atoms with Gasteiger partial charge in [0, 0.05) is 28.9 Å². The number of anilines is 1. The van der Waals surface area contributed by atoms with Gasteiger partial charge in [-0.15, -0.1) is 0 Å². The van der Waals surface area contributed by atoms with Gasteiger partial charge in [-0.05, 0) is 24.3 Å². The number of phenols is 1. The van der Waals surface area contributed by atoms with Crippen LogP contribution in [0.3, 0.4) is 0 Å². The molecule has 0 heterocycles. The molecule has 0 aliphatic rings. The first-order chi connectivity index (χ1) is 9.52. The van der Waals surface area contributed by atoms with Crippen LogP contribution in [-0.4, -0.2) is 12.2 Å². The van der Waals surface area contributed by atoms with Gasteiger partial charge in [-0.25, -0.2) is 0 Å². The van der Waals surface area contributed by atoms with E-state index < -0.39 is 0 Å². The van der Waals surface area contributed by atoms with E-state index in [-0.39, 0.29) is 5.75 Å². The number of hydrogen-bond acceptors (Lipinski definition) is 3. The number of methoxy groups -OCH3 is 1. The Balaban J connectivity index is 2.17. The third kappa shape index (κ3) is 3.23. The van der Waals surface area contributed by atoms with Gasteiger partial charge in [0.2, 0.25) is 0 Å². The molecule has 0 aliphatic heterocycles. The molecular weight excluding hydrogens is 321 g/mol. The first kappa shape index (κ1) is 15.1. The average Bonchev–Trinajstić information content (AvgIpc) is 2.43. The highest BCUT2D eigenvalue weighted by Gasteiger charge is 2.10. The summed E-state index contributed by atoms with van der Waals surface area (Å²) in [5.74, 6) is 0.468. The Hall–Kier alpha value is -1.29. The van der Waals surface area contributed by atoms with Crippen molar-refractivity contribution in [2.75, 3.05) is 12.4 Å². The van der Waals surface area contributed by atoms with E-state index in [2.05, 4.69) is 5.32 Å². The number of hydrogen-bond donors (Lipinski definition) is 2. The predicted molar refractivity (Wildman–Crippen MR) is 83.5 cm³/mol. The minimum Gasteiger partial charge on any atom is -0.504 e. The minimum absolute atomic E-state index is 0.0563. The van der Waals surface area contributed by atoms with Gasteiger partial charge in [0.1, 0.15) is 0 Å². The lowest BCUT2D eigenvalue weighted by atomic mass is 10.2. The molecule has 3 nitrogen and oxygen atoms in total. The largest absolute Gasteiger partial charge is 0.504 e. The molecule has 0 aromatic heterocycles. The molecule has 6 heteroatoms. The van der Waals surface area contributed by atoms with Crippen LogP contribution >= 0.6 is 34.8 Å². The van der Waals surface area contributed by atoms with Crippen LogP contribution < -0.4 is 10.1 Å². The van der Waals surface area contributed by atoms with E-state index >= 15 is 0 Å². The van der Waals surface area contributed by atoms with Crippen LogP contribution in [-0.2, 0) is 6.54 Å². The van der Waals surface area contributed by atoms with Crippen LogP contribution in [0.1, 0.15) is 5.56 Å². The average molecular weight is 333 g/mol. The second-order valence-corrected chi connectivity index (χ2v) is 5.25. The van der Waals surface area contributed by atoms with E-state index in [9.17, 15) is 5.11 Å². The van der Waals surface area contributed by atoms with E-state index in [0.717, 1.165) is 5.69 Å². The Morgan fingerprint density at radius 2 is 1.80 bits per heavy atom. The minimum atomic E-state index is 0.0563. The fourth-order valence-corrected chi connectivity index (χ4v) is 2.40. The first-order valence-electron chi connectivity index (χ1n) is 5.76. The van der Waals surface area contributed by atoms with Crippen LogP contribution in [0.5, 0.6) is 11.5 Å². The Morgan fingerprint density at radius 1 is 1.10 bits per heavy atom. The molecule has 0 amide bonds. The Kier molecular flexibility index (Phi) is 4.86. The number of phenolic OH excluding ortho intramolecular Hbond substituents is 1. The summed E-state index contributed by atoms with van der Waals surface area (Å²) < 4.78 is 4.98. The SMILES string of the molecule is COc1ccc(NCc2c(Cl)ccc(Cl)c2Cl)cc1O. The third-order valence-electron chi connectivity index (χ3n) is 2.79. The van der Waals surface area contributed by atoms with E-state index in [1.807, 2.05) is 0 Å². The highest BCUT2D eigenvalue weighted by Crippen LogP contribution is 2.33. The summed E-state index contributed by atoms with van der Waals surface area (Å²) in [6, 6.07) is 8.35. The van der Waals surface area contributed by atoms with Crippen LogP contribution in [0.2, 0.25) is 15.1 Å². The molecule has 2 N–H and O–H groups in total. The summed E-state index contributed by atoms with van der Waals surface area (Å²) in [5, 5.41) is 14.2. The molecule has 2 rings (SSSR count). The highest BCUT2D eigenvalue weighted by atomic mass is 35.5. The number of nitrogens with one attached hydrogen (secondary N) is 1. The predicted octanol–water partition coefficient (Wildman–Crippen LogP) is 4.97. The van der Waals surface area contributed by atoms with Crippen molar-refractivity contribution in [1.82, 2.24) is 0 Å². The molecule has 0 spiro atoms. The summed E-state index contributed by atoms with van der Waals surface area (Å²) in [5.41, 5.74) is 1.42. The smallest absolute Gasteiger partial charge is 0.160 e. The number of ether oxygens (including phenoxy) is 1. The number of benzene rings is 2. The van der Waals surface area contributed by atoms with Crippen molar-refractivity contribution >= 4 is 40.5 Å². The van der Waals surface area contributed by atoms with E-state index in [1.165, 1.54) is 7.11 Å². The molecule has 2 aromatic carbocycles. The maximum Gasteiger partial charge on any atom is 0.160 e. The second kappa shape index (κ2) is 6.44. The lowest BCUT2D eigenvalue weighted by Crippen LogP contribution is -2.01. The summed E-state index contributed by atoms with van der Waals surface area (Å²) in [6.07, 6.45) is 0. The lowest BCUT2D eigenvalue weighted by molar-refractivity contribution is 0.373. The number of rotatable bonds is 4. The van der Waals surface area contributed by atoms with Gasteiger partial charge in [-0.1, -0.05) is 34.8 Å². The summed E-state index contributed by atoms with van der Waals surface area (Å²) >= 11 is 18.2. The van der Waals surface area contributed by atoms with Gasteiger partial charge in [0.25, 0.3) is 0 Å². The molecule has 0 fully saturated rings. The molecule has 2 aromatic rings. The number of aromatic hydroxyl groups is 1. The molecule has 0 radical (unpaired) electrons. The third-order valence-corrected chi connectivity index (χ3v) is 3.98. The van der Waals surface area contributed by atoms with Crippen molar-refractivity contribution in [2.45, 2.75) is 6.54 Å². The zero-order valence-electron chi connectivity index (χ0n) is 10.6. The Morgan fingerprint density at radius 3 is 2.45 bits per heavy atom. The molecule has 0 aliphatic carbocycles. The van der Waals surface area contributed by atoms with Gasteiger partial charge in [0.05, 0.1) is 17.2 Å². The summed E-state index contributed by atoms with van der Waals surface area (Å²) in [6.45, 7) is 0.393. The Labute approximate surface area is 132 Å². The first-order valence-corrected chi connectivity index (χ1v) is 6.89. The monoisotopic (exact) mass is 331 g/mol. The van der Waals surface area contributed by atoms with Gasteiger partial charge >= 0.3 is 0 Å². The quantitative estimate of drug-likeness (QED) is 0.776. The van der Waals surface area contributed by atoms with Crippen LogP contribution in [0.15, 0.2) is 30.3 Å². The molecule has 0 saturated heterocycles. The topological polar surface area (TPSA) is 41.5 Å². The maximum absolute atomic E-state index is 9.70. The van der Waals surface area contributed by atoms with Crippen molar-refractivity contribution < 1.29 is 9.84 Å².